The van der Waals surface area contributed by atoms with Crippen LogP contribution in [0.4, 0.5) is 5.69 Å². The van der Waals surface area contributed by atoms with Gasteiger partial charge in [-0.15, -0.1) is 0 Å². The number of nitrogens with one attached hydrogen (secondary N) is 1. The van der Waals surface area contributed by atoms with Gasteiger partial charge in [-0.25, -0.2) is 0 Å². The van der Waals surface area contributed by atoms with Crippen molar-refractivity contribution in [1.29, 1.82) is 0 Å². The molecular weight excluding hydrogens is 276 g/mol. The summed E-state index contributed by atoms with van der Waals surface area (Å²) in [5.74, 6) is -0.0407. The van der Waals surface area contributed by atoms with Crippen LogP contribution < -0.4 is 5.32 Å². The predicted molar refractivity (Wildman–Crippen MR) is 87.7 cm³/mol. The zero-order chi connectivity index (χ0) is 15.8. The van der Waals surface area contributed by atoms with Crippen LogP contribution in [0.15, 0.2) is 42.9 Å². The molecule has 0 aromatic carbocycles. The smallest absolute Gasteiger partial charge is 0.272 e. The van der Waals surface area contributed by atoms with Crippen molar-refractivity contribution in [2.75, 3.05) is 18.9 Å². The molecule has 2 aromatic heterocycles. The van der Waals surface area contributed by atoms with Gasteiger partial charge in [0.2, 0.25) is 0 Å². The van der Waals surface area contributed by atoms with Crippen LogP contribution in [0.1, 0.15) is 35.8 Å². The number of hydrogen-bond acceptors (Lipinski definition) is 4. The quantitative estimate of drug-likeness (QED) is 0.854. The third-order valence-electron chi connectivity index (χ3n) is 3.42. The van der Waals surface area contributed by atoms with E-state index >= 15 is 0 Å². The molecule has 0 fully saturated rings. The van der Waals surface area contributed by atoms with Gasteiger partial charge in [0, 0.05) is 44.4 Å². The monoisotopic (exact) mass is 298 g/mol. The third-order valence-corrected chi connectivity index (χ3v) is 3.42. The van der Waals surface area contributed by atoms with E-state index in [0.29, 0.717) is 12.2 Å². The van der Waals surface area contributed by atoms with Crippen molar-refractivity contribution in [2.24, 2.45) is 0 Å². The van der Waals surface area contributed by atoms with Gasteiger partial charge in [-0.05, 0) is 36.2 Å². The second kappa shape index (κ2) is 8.12. The molecule has 2 aromatic rings. The maximum atomic E-state index is 12.3. The summed E-state index contributed by atoms with van der Waals surface area (Å²) in [7, 11) is 1.82. The van der Waals surface area contributed by atoms with Gasteiger partial charge in [0.15, 0.2) is 0 Å². The van der Waals surface area contributed by atoms with E-state index in [2.05, 4.69) is 22.2 Å². The van der Waals surface area contributed by atoms with Gasteiger partial charge in [-0.2, -0.15) is 0 Å². The maximum Gasteiger partial charge on any atom is 0.272 e. The first kappa shape index (κ1) is 15.9. The summed E-state index contributed by atoms with van der Waals surface area (Å²) in [5, 5.41) is 3.30. The second-order valence-electron chi connectivity index (χ2n) is 5.22. The number of amides is 1. The lowest BCUT2D eigenvalue weighted by Gasteiger charge is -2.16. The zero-order valence-electron chi connectivity index (χ0n) is 13.1. The number of rotatable bonds is 7. The van der Waals surface area contributed by atoms with Crippen molar-refractivity contribution in [3.63, 3.8) is 0 Å². The number of unbranched alkanes of at least 4 members (excludes halogenated alkanes) is 1. The van der Waals surface area contributed by atoms with Crippen LogP contribution in [0, 0.1) is 0 Å². The largest absolute Gasteiger partial charge is 0.381 e. The molecule has 0 aliphatic carbocycles. The second-order valence-corrected chi connectivity index (χ2v) is 5.22. The minimum atomic E-state index is -0.0407. The Balaban J connectivity index is 1.98. The number of anilines is 1. The molecule has 5 nitrogen and oxygen atoms in total. The van der Waals surface area contributed by atoms with E-state index < -0.39 is 0 Å². The summed E-state index contributed by atoms with van der Waals surface area (Å²) in [6, 6.07) is 7.58. The van der Waals surface area contributed by atoms with Crippen molar-refractivity contribution in [3.05, 3.63) is 54.1 Å². The van der Waals surface area contributed by atoms with E-state index in [4.69, 9.17) is 0 Å². The van der Waals surface area contributed by atoms with Crippen LogP contribution in [0.3, 0.4) is 0 Å². The van der Waals surface area contributed by atoms with Gasteiger partial charge >= 0.3 is 0 Å². The molecule has 5 heteroatoms. The Morgan fingerprint density at radius 3 is 2.73 bits per heavy atom. The van der Waals surface area contributed by atoms with Crippen molar-refractivity contribution in [1.82, 2.24) is 14.9 Å². The fourth-order valence-corrected chi connectivity index (χ4v) is 2.05. The molecule has 0 aliphatic rings. The minimum Gasteiger partial charge on any atom is -0.381 e. The highest BCUT2D eigenvalue weighted by Crippen LogP contribution is 2.11. The Kier molecular flexibility index (Phi) is 5.89. The van der Waals surface area contributed by atoms with Crippen LogP contribution in [0.25, 0.3) is 0 Å². The van der Waals surface area contributed by atoms with Gasteiger partial charge in [-0.3, -0.25) is 14.8 Å². The fraction of sp³-hybridized carbons (Fsp3) is 0.353. The van der Waals surface area contributed by atoms with Gasteiger partial charge in [-0.1, -0.05) is 13.3 Å². The van der Waals surface area contributed by atoms with E-state index in [1.807, 2.05) is 25.2 Å². The molecule has 116 valence electrons. The lowest BCUT2D eigenvalue weighted by molar-refractivity contribution is 0.0787. The molecule has 0 spiro atoms. The highest BCUT2D eigenvalue weighted by molar-refractivity contribution is 5.92. The molecule has 0 radical (unpaired) electrons. The molecule has 1 amide bonds. The molecule has 1 N–H and O–H groups in total. The number of carbonyl (C=O) groups is 1. The van der Waals surface area contributed by atoms with Crippen LogP contribution in [0.2, 0.25) is 0 Å². The van der Waals surface area contributed by atoms with Gasteiger partial charge in [0.1, 0.15) is 5.69 Å². The lowest BCUT2D eigenvalue weighted by atomic mass is 10.2. The predicted octanol–water partition coefficient (Wildman–Crippen LogP) is 2.96. The molecule has 2 heterocycles. The Morgan fingerprint density at radius 2 is 2.00 bits per heavy atom. The number of nitrogens with zero attached hydrogens (tertiary/aromatic N) is 3. The van der Waals surface area contributed by atoms with Crippen molar-refractivity contribution < 1.29 is 4.79 Å². The summed E-state index contributed by atoms with van der Waals surface area (Å²) in [6.45, 7) is 3.55. The van der Waals surface area contributed by atoms with Crippen molar-refractivity contribution in [2.45, 2.75) is 26.3 Å². The Bertz CT molecular complexity index is 601. The maximum absolute atomic E-state index is 12.3. The van der Waals surface area contributed by atoms with E-state index in [1.165, 1.54) is 0 Å². The van der Waals surface area contributed by atoms with E-state index in [9.17, 15) is 4.79 Å². The lowest BCUT2D eigenvalue weighted by Crippen LogP contribution is -2.28. The first-order chi connectivity index (χ1) is 10.7. The summed E-state index contributed by atoms with van der Waals surface area (Å²) in [4.78, 5) is 22.2. The first-order valence-corrected chi connectivity index (χ1v) is 7.55. The molecular formula is C17H22N4O. The Labute approximate surface area is 131 Å². The minimum absolute atomic E-state index is 0.0407. The van der Waals surface area contributed by atoms with Crippen molar-refractivity contribution >= 4 is 11.6 Å². The Morgan fingerprint density at radius 1 is 1.23 bits per heavy atom. The topological polar surface area (TPSA) is 58.1 Å². The average molecular weight is 298 g/mol. The molecule has 0 bridgehead atoms. The van der Waals surface area contributed by atoms with Crippen LogP contribution in [0.5, 0.6) is 0 Å². The van der Waals surface area contributed by atoms with E-state index in [1.54, 1.807) is 29.6 Å². The van der Waals surface area contributed by atoms with Crippen LogP contribution >= 0.6 is 0 Å². The fourth-order valence-electron chi connectivity index (χ4n) is 2.05. The first-order valence-electron chi connectivity index (χ1n) is 7.55. The number of hydrogen-bond donors (Lipinski definition) is 1. The normalized spacial score (nSPS) is 10.3. The molecule has 0 saturated carbocycles. The summed E-state index contributed by atoms with van der Waals surface area (Å²) in [5.41, 5.74) is 2.50. The van der Waals surface area contributed by atoms with Gasteiger partial charge in [0.25, 0.3) is 5.91 Å². The highest BCUT2D eigenvalue weighted by Gasteiger charge is 2.12. The number of carbonyl (C=O) groups excluding carboxylic acids is 1. The molecule has 22 heavy (non-hydrogen) atoms. The summed E-state index contributed by atoms with van der Waals surface area (Å²) in [6.07, 6.45) is 7.26. The summed E-state index contributed by atoms with van der Waals surface area (Å²) < 4.78 is 0. The van der Waals surface area contributed by atoms with Crippen molar-refractivity contribution in [3.8, 4) is 0 Å². The van der Waals surface area contributed by atoms with Gasteiger partial charge < -0.3 is 10.2 Å². The zero-order valence-corrected chi connectivity index (χ0v) is 13.1. The van der Waals surface area contributed by atoms with Crippen LogP contribution in [-0.2, 0) is 6.54 Å². The SMILES string of the molecule is CCCCN(C)C(=O)c1cc(NCc2ccncc2)ccn1. The van der Waals surface area contributed by atoms with E-state index in [0.717, 1.165) is 30.6 Å². The Hall–Kier alpha value is -2.43. The standard InChI is InChI=1S/C17H22N4O/c1-3-4-11-21(2)17(22)16-12-15(7-10-19-16)20-13-14-5-8-18-9-6-14/h5-10,12H,3-4,11,13H2,1-2H3,(H,19,20). The molecule has 0 aliphatic heterocycles. The van der Waals surface area contributed by atoms with E-state index in [-0.39, 0.29) is 5.91 Å². The third kappa shape index (κ3) is 4.55. The number of aromatic nitrogens is 2. The highest BCUT2D eigenvalue weighted by atomic mass is 16.2. The number of pyridine rings is 2. The molecule has 0 unspecified atom stereocenters. The molecule has 0 saturated heterocycles. The summed E-state index contributed by atoms with van der Waals surface area (Å²) >= 11 is 0. The van der Waals surface area contributed by atoms with Gasteiger partial charge in [0.05, 0.1) is 0 Å². The van der Waals surface area contributed by atoms with Crippen LogP contribution in [-0.4, -0.2) is 34.4 Å². The average Bonchev–Trinajstić information content (AvgIpc) is 2.58. The molecule has 2 rings (SSSR count). The molecule has 0 atom stereocenters.